The van der Waals surface area contributed by atoms with Crippen LogP contribution in [0.3, 0.4) is 0 Å². The average molecular weight is 427 g/mol. The van der Waals surface area contributed by atoms with E-state index in [4.69, 9.17) is 10.5 Å². The molecule has 1 amide bonds. The Balaban J connectivity index is 1.58. The number of rotatable bonds is 9. The topological polar surface area (TPSA) is 128 Å². The minimum atomic E-state index is -1.10. The van der Waals surface area contributed by atoms with Gasteiger partial charge in [-0.15, -0.1) is 11.8 Å². The van der Waals surface area contributed by atoms with Crippen molar-refractivity contribution < 1.29 is 24.9 Å². The van der Waals surface area contributed by atoms with Gasteiger partial charge in [0, 0.05) is 48.7 Å². The summed E-state index contributed by atoms with van der Waals surface area (Å²) < 4.78 is 0. The van der Waals surface area contributed by atoms with Crippen LogP contribution < -0.4 is 0 Å². The fraction of sp³-hybridized carbons (Fsp3) is 0.737. The normalized spacial score (nSPS) is 27.8. The molecular formula is C19H30N4O5S. The molecule has 162 valence electrons. The molecule has 9 nitrogen and oxygen atoms in total. The monoisotopic (exact) mass is 426 g/mol. The van der Waals surface area contributed by atoms with Gasteiger partial charge in [0.15, 0.2) is 0 Å². The number of amides is 1. The molecule has 10 heteroatoms. The van der Waals surface area contributed by atoms with Crippen LogP contribution in [0, 0.1) is 17.2 Å². The number of thioether (sulfide) groups is 1. The zero-order valence-corrected chi connectivity index (χ0v) is 17.9. The number of fused-ring (bicyclic) bond motifs is 1. The van der Waals surface area contributed by atoms with Crippen LogP contribution in [0.5, 0.6) is 0 Å². The van der Waals surface area contributed by atoms with E-state index >= 15 is 0 Å². The van der Waals surface area contributed by atoms with E-state index in [1.807, 2.05) is 23.8 Å². The summed E-state index contributed by atoms with van der Waals surface area (Å²) in [6.45, 7) is 6.24. The van der Waals surface area contributed by atoms with Gasteiger partial charge in [0.05, 0.1) is 30.5 Å². The second kappa shape index (κ2) is 8.63. The molecule has 0 saturated carbocycles. The van der Waals surface area contributed by atoms with Crippen molar-refractivity contribution in [3.8, 4) is 0 Å². The first-order valence-electron chi connectivity index (χ1n) is 9.94. The maximum absolute atomic E-state index is 12.4. The number of carboxylic acid groups (broad SMARTS) is 1. The maximum Gasteiger partial charge on any atom is 0.353 e. The molecule has 3 heterocycles. The SMILES string of the molecule is C[C@@H](O)[C@H]1C(=O)N2C(C(=O)O)=C(SC3CN(C(=N)CCN(C)CCO)C3)[C@H](C)[C@H]12. The van der Waals surface area contributed by atoms with Gasteiger partial charge in [-0.25, -0.2) is 4.79 Å². The first kappa shape index (κ1) is 22.1. The van der Waals surface area contributed by atoms with E-state index in [0.717, 1.165) is 0 Å². The molecule has 2 fully saturated rings. The van der Waals surface area contributed by atoms with Crippen LogP contribution >= 0.6 is 11.8 Å². The number of likely N-dealkylation sites (tertiary alicyclic amines) is 1. The number of nitrogens with one attached hydrogen (secondary N) is 1. The second-order valence-corrected chi connectivity index (χ2v) is 9.48. The van der Waals surface area contributed by atoms with Gasteiger partial charge in [0.2, 0.25) is 5.91 Å². The molecule has 0 aliphatic carbocycles. The number of carboxylic acids is 1. The summed E-state index contributed by atoms with van der Waals surface area (Å²) in [6, 6.07) is -0.285. The van der Waals surface area contributed by atoms with Crippen LogP contribution in [0.25, 0.3) is 0 Å². The smallest absolute Gasteiger partial charge is 0.353 e. The number of carbonyl (C=O) groups is 2. The number of hydrogen-bond acceptors (Lipinski definition) is 7. The average Bonchev–Trinajstić information content (AvgIpc) is 2.84. The number of carbonyl (C=O) groups excluding carboxylic acids is 1. The van der Waals surface area contributed by atoms with Gasteiger partial charge < -0.3 is 30.0 Å². The molecule has 3 aliphatic heterocycles. The summed E-state index contributed by atoms with van der Waals surface area (Å²) in [6.07, 6.45) is -0.192. The lowest BCUT2D eigenvalue weighted by Gasteiger charge is -2.46. The minimum absolute atomic E-state index is 0.0635. The van der Waals surface area contributed by atoms with Gasteiger partial charge in [0.25, 0.3) is 0 Å². The van der Waals surface area contributed by atoms with Gasteiger partial charge in [0.1, 0.15) is 5.70 Å². The van der Waals surface area contributed by atoms with Crippen LogP contribution in [-0.2, 0) is 9.59 Å². The first-order valence-corrected chi connectivity index (χ1v) is 10.8. The number of likely N-dealkylation sites (N-methyl/N-ethyl adjacent to an activating group) is 1. The fourth-order valence-electron chi connectivity index (χ4n) is 4.33. The lowest BCUT2D eigenvalue weighted by atomic mass is 9.79. The quantitative estimate of drug-likeness (QED) is 0.228. The predicted molar refractivity (Wildman–Crippen MR) is 110 cm³/mol. The Kier molecular flexibility index (Phi) is 6.57. The Labute approximate surface area is 174 Å². The Morgan fingerprint density at radius 1 is 1.38 bits per heavy atom. The number of aliphatic carboxylic acids is 1. The third-order valence-electron chi connectivity index (χ3n) is 6.05. The van der Waals surface area contributed by atoms with E-state index in [-0.39, 0.29) is 35.4 Å². The molecule has 4 N–H and O–H groups in total. The maximum atomic E-state index is 12.4. The number of aliphatic hydroxyl groups excluding tert-OH is 2. The Morgan fingerprint density at radius 2 is 2.03 bits per heavy atom. The first-order chi connectivity index (χ1) is 13.7. The van der Waals surface area contributed by atoms with Gasteiger partial charge in [-0.05, 0) is 14.0 Å². The highest BCUT2D eigenvalue weighted by atomic mass is 32.2. The van der Waals surface area contributed by atoms with Crippen molar-refractivity contribution in [3.05, 3.63) is 10.6 Å². The fourth-order valence-corrected chi connectivity index (χ4v) is 5.85. The summed E-state index contributed by atoms with van der Waals surface area (Å²) in [4.78, 5) is 30.2. The molecule has 0 unspecified atom stereocenters. The summed E-state index contributed by atoms with van der Waals surface area (Å²) in [5.41, 5.74) is 0.0635. The van der Waals surface area contributed by atoms with E-state index < -0.39 is 18.0 Å². The minimum Gasteiger partial charge on any atom is -0.477 e. The molecule has 0 aromatic rings. The van der Waals surface area contributed by atoms with Crippen molar-refractivity contribution in [3.63, 3.8) is 0 Å². The molecule has 29 heavy (non-hydrogen) atoms. The standard InChI is InChI=1S/C19H30N4O5S/c1-10-15-14(11(2)25)18(26)23(15)16(19(27)28)17(10)29-12-8-22(9-12)13(20)4-5-21(3)6-7-24/h10-12,14-15,20,24-25H,4-9H2,1-3H3,(H,27,28)/t10-,11-,14-,15-/m1/s1. The molecule has 3 rings (SSSR count). The molecular weight excluding hydrogens is 396 g/mol. The van der Waals surface area contributed by atoms with Gasteiger partial charge in [-0.2, -0.15) is 0 Å². The summed E-state index contributed by atoms with van der Waals surface area (Å²) in [5.74, 6) is -1.53. The zero-order chi connectivity index (χ0) is 21.5. The lowest BCUT2D eigenvalue weighted by Crippen LogP contribution is -2.63. The number of amidine groups is 1. The largest absolute Gasteiger partial charge is 0.477 e. The van der Waals surface area contributed by atoms with Crippen molar-refractivity contribution in [2.24, 2.45) is 11.8 Å². The van der Waals surface area contributed by atoms with Crippen molar-refractivity contribution in [1.82, 2.24) is 14.7 Å². The van der Waals surface area contributed by atoms with Crippen molar-refractivity contribution in [1.29, 1.82) is 5.41 Å². The van der Waals surface area contributed by atoms with Crippen LogP contribution in [0.2, 0.25) is 0 Å². The Hall–Kier alpha value is -1.62. The van der Waals surface area contributed by atoms with E-state index in [1.54, 1.807) is 6.92 Å². The molecule has 3 aliphatic rings. The third-order valence-corrected chi connectivity index (χ3v) is 7.50. The lowest BCUT2D eigenvalue weighted by molar-refractivity contribution is -0.163. The second-order valence-electron chi connectivity index (χ2n) is 8.14. The van der Waals surface area contributed by atoms with Crippen LogP contribution in [0.1, 0.15) is 20.3 Å². The Bertz CT molecular complexity index is 721. The molecule has 2 saturated heterocycles. The molecule has 0 spiro atoms. The summed E-state index contributed by atoms with van der Waals surface area (Å²) in [7, 11) is 1.91. The van der Waals surface area contributed by atoms with Crippen LogP contribution in [0.15, 0.2) is 10.6 Å². The van der Waals surface area contributed by atoms with Gasteiger partial charge >= 0.3 is 5.97 Å². The van der Waals surface area contributed by atoms with E-state index in [0.29, 0.717) is 43.3 Å². The zero-order valence-electron chi connectivity index (χ0n) is 17.0. The molecule has 0 aromatic carbocycles. The highest BCUT2D eigenvalue weighted by molar-refractivity contribution is 8.03. The number of nitrogens with zero attached hydrogens (tertiary/aromatic N) is 3. The van der Waals surface area contributed by atoms with Crippen molar-refractivity contribution in [2.45, 2.75) is 37.7 Å². The Morgan fingerprint density at radius 3 is 2.59 bits per heavy atom. The number of β-lactam (4-membered cyclic amide) rings is 1. The summed E-state index contributed by atoms with van der Waals surface area (Å²) >= 11 is 1.50. The highest BCUT2D eigenvalue weighted by Gasteiger charge is 2.60. The highest BCUT2D eigenvalue weighted by Crippen LogP contribution is 2.51. The molecule has 0 aromatic heterocycles. The van der Waals surface area contributed by atoms with Crippen LogP contribution in [-0.4, -0.2) is 105 Å². The molecule has 0 bridgehead atoms. The molecule has 4 atom stereocenters. The van der Waals surface area contributed by atoms with E-state index in [2.05, 4.69) is 0 Å². The molecule has 0 radical (unpaired) electrons. The van der Waals surface area contributed by atoms with Gasteiger partial charge in [-0.3, -0.25) is 10.2 Å². The number of aliphatic hydroxyl groups is 2. The van der Waals surface area contributed by atoms with E-state index in [1.165, 1.54) is 16.7 Å². The van der Waals surface area contributed by atoms with Gasteiger partial charge in [-0.1, -0.05) is 6.92 Å². The van der Waals surface area contributed by atoms with Crippen molar-refractivity contribution >= 4 is 29.5 Å². The third kappa shape index (κ3) is 4.03. The van der Waals surface area contributed by atoms with Crippen LogP contribution in [0.4, 0.5) is 0 Å². The predicted octanol–water partition coefficient (Wildman–Crippen LogP) is -0.151. The van der Waals surface area contributed by atoms with Crippen molar-refractivity contribution in [2.75, 3.05) is 39.8 Å². The summed E-state index contributed by atoms with van der Waals surface area (Å²) in [5, 5.41) is 36.9. The van der Waals surface area contributed by atoms with E-state index in [9.17, 15) is 19.8 Å². The number of hydrogen-bond donors (Lipinski definition) is 4.